The van der Waals surface area contributed by atoms with E-state index >= 15 is 0 Å². The van der Waals surface area contributed by atoms with E-state index in [9.17, 15) is 0 Å². The van der Waals surface area contributed by atoms with Crippen LogP contribution in [-0.4, -0.2) is 0 Å². The van der Waals surface area contributed by atoms with Crippen molar-refractivity contribution in [3.05, 3.63) is 79.9 Å². The predicted molar refractivity (Wildman–Crippen MR) is 95.9 cm³/mol. The Morgan fingerprint density at radius 3 is 1.45 bits per heavy atom. The molecule has 0 aliphatic rings. The highest BCUT2D eigenvalue weighted by Crippen LogP contribution is 2.19. The van der Waals surface area contributed by atoms with Crippen LogP contribution in [0.15, 0.2) is 74.3 Å². The van der Waals surface area contributed by atoms with Gasteiger partial charge < -0.3 is 0 Å². The zero-order valence-electron chi connectivity index (χ0n) is 13.4. The molecule has 0 radical (unpaired) electrons. The molecule has 0 amide bonds. The van der Waals surface area contributed by atoms with Crippen molar-refractivity contribution in [3.8, 4) is 11.1 Å². The SMILES string of the molecule is C=C.C=Cc1ccc(-c2ccccc2)cc1.CC.CC. The van der Waals surface area contributed by atoms with Gasteiger partial charge in [-0.1, -0.05) is 94.9 Å². The Morgan fingerprint density at radius 1 is 0.650 bits per heavy atom. The predicted octanol–water partition coefficient (Wildman–Crippen LogP) is 6.85. The van der Waals surface area contributed by atoms with E-state index in [0.717, 1.165) is 5.56 Å². The van der Waals surface area contributed by atoms with Crippen LogP contribution in [0, 0.1) is 0 Å². The quantitative estimate of drug-likeness (QED) is 0.522. The first-order valence-electron chi connectivity index (χ1n) is 7.18. The molecule has 0 saturated heterocycles. The van der Waals surface area contributed by atoms with Crippen molar-refractivity contribution in [1.82, 2.24) is 0 Å². The summed E-state index contributed by atoms with van der Waals surface area (Å²) in [7, 11) is 0. The second kappa shape index (κ2) is 15.0. The van der Waals surface area contributed by atoms with E-state index in [1.54, 1.807) is 0 Å². The smallest absolute Gasteiger partial charge is 0.0184 e. The highest BCUT2D eigenvalue weighted by Gasteiger charge is 1.94. The van der Waals surface area contributed by atoms with Gasteiger partial charge >= 0.3 is 0 Å². The zero-order valence-corrected chi connectivity index (χ0v) is 13.4. The van der Waals surface area contributed by atoms with E-state index in [4.69, 9.17) is 0 Å². The average Bonchev–Trinajstić information content (AvgIpc) is 2.61. The van der Waals surface area contributed by atoms with Crippen molar-refractivity contribution >= 4 is 6.08 Å². The summed E-state index contributed by atoms with van der Waals surface area (Å²) in [5, 5.41) is 0. The maximum absolute atomic E-state index is 3.73. The van der Waals surface area contributed by atoms with Crippen LogP contribution in [0.1, 0.15) is 33.3 Å². The minimum Gasteiger partial charge on any atom is -0.106 e. The lowest BCUT2D eigenvalue weighted by Crippen LogP contribution is -1.76. The summed E-state index contributed by atoms with van der Waals surface area (Å²) < 4.78 is 0. The summed E-state index contributed by atoms with van der Waals surface area (Å²) in [5.74, 6) is 0. The third kappa shape index (κ3) is 7.38. The van der Waals surface area contributed by atoms with Gasteiger partial charge in [0, 0.05) is 0 Å². The first kappa shape index (κ1) is 20.2. The molecule has 0 N–H and O–H groups in total. The molecule has 2 aromatic rings. The van der Waals surface area contributed by atoms with E-state index < -0.39 is 0 Å². The molecule has 108 valence electrons. The van der Waals surface area contributed by atoms with Gasteiger partial charge in [-0.3, -0.25) is 0 Å². The molecule has 0 nitrogen and oxygen atoms in total. The van der Waals surface area contributed by atoms with E-state index in [1.807, 2.05) is 39.8 Å². The van der Waals surface area contributed by atoms with Gasteiger partial charge in [-0.05, 0) is 16.7 Å². The van der Waals surface area contributed by atoms with Gasteiger partial charge in [0.05, 0.1) is 0 Å². The molecule has 0 fully saturated rings. The fourth-order valence-corrected chi connectivity index (χ4v) is 1.44. The van der Waals surface area contributed by atoms with Crippen LogP contribution in [0.3, 0.4) is 0 Å². The van der Waals surface area contributed by atoms with Crippen LogP contribution in [0.2, 0.25) is 0 Å². The highest BCUT2D eigenvalue weighted by atomic mass is 14.0. The molecule has 2 aromatic carbocycles. The molecular formula is C20H28. The fourth-order valence-electron chi connectivity index (χ4n) is 1.44. The lowest BCUT2D eigenvalue weighted by Gasteiger charge is -2.01. The van der Waals surface area contributed by atoms with Gasteiger partial charge in [-0.2, -0.15) is 0 Å². The van der Waals surface area contributed by atoms with Gasteiger partial charge in [0.15, 0.2) is 0 Å². The Balaban J connectivity index is 0. The van der Waals surface area contributed by atoms with E-state index in [2.05, 4.69) is 68.3 Å². The number of rotatable bonds is 2. The van der Waals surface area contributed by atoms with Crippen LogP contribution in [0.4, 0.5) is 0 Å². The summed E-state index contributed by atoms with van der Waals surface area (Å²) >= 11 is 0. The van der Waals surface area contributed by atoms with Crippen LogP contribution in [-0.2, 0) is 0 Å². The maximum atomic E-state index is 3.73. The van der Waals surface area contributed by atoms with Gasteiger partial charge in [0.1, 0.15) is 0 Å². The van der Waals surface area contributed by atoms with Crippen molar-refractivity contribution in [2.24, 2.45) is 0 Å². The molecule has 0 unspecified atom stereocenters. The average molecular weight is 268 g/mol. The van der Waals surface area contributed by atoms with Crippen molar-refractivity contribution < 1.29 is 0 Å². The van der Waals surface area contributed by atoms with Crippen molar-refractivity contribution in [2.75, 3.05) is 0 Å². The number of hydrogen-bond donors (Lipinski definition) is 0. The molecule has 0 heterocycles. The minimum absolute atomic E-state index is 1.16. The van der Waals surface area contributed by atoms with E-state index in [-0.39, 0.29) is 0 Å². The Hall–Kier alpha value is -2.08. The summed E-state index contributed by atoms with van der Waals surface area (Å²) in [4.78, 5) is 0. The van der Waals surface area contributed by atoms with E-state index in [0.29, 0.717) is 0 Å². The Morgan fingerprint density at radius 2 is 1.05 bits per heavy atom. The molecule has 0 aliphatic heterocycles. The normalized spacial score (nSPS) is 7.60. The fraction of sp³-hybridized carbons (Fsp3) is 0.200. The molecule has 0 bridgehead atoms. The van der Waals surface area contributed by atoms with Crippen LogP contribution in [0.25, 0.3) is 17.2 Å². The van der Waals surface area contributed by atoms with Crippen LogP contribution < -0.4 is 0 Å². The number of hydrogen-bond acceptors (Lipinski definition) is 0. The third-order valence-electron chi connectivity index (χ3n) is 2.25. The number of benzene rings is 2. The molecule has 0 aromatic heterocycles. The topological polar surface area (TPSA) is 0 Å². The first-order valence-corrected chi connectivity index (χ1v) is 7.18. The second-order valence-electron chi connectivity index (χ2n) is 3.19. The monoisotopic (exact) mass is 268 g/mol. The lowest BCUT2D eigenvalue weighted by molar-refractivity contribution is 1.50. The molecule has 0 atom stereocenters. The van der Waals surface area contributed by atoms with Gasteiger partial charge in [-0.25, -0.2) is 0 Å². The molecule has 0 aliphatic carbocycles. The highest BCUT2D eigenvalue weighted by molar-refractivity contribution is 5.65. The van der Waals surface area contributed by atoms with Gasteiger partial charge in [-0.15, -0.1) is 13.2 Å². The largest absolute Gasteiger partial charge is 0.106 e. The Kier molecular flexibility index (Phi) is 15.2. The second-order valence-corrected chi connectivity index (χ2v) is 3.19. The van der Waals surface area contributed by atoms with Crippen LogP contribution in [0.5, 0.6) is 0 Å². The maximum Gasteiger partial charge on any atom is -0.0184 e. The first-order chi connectivity index (χ1) is 9.90. The lowest BCUT2D eigenvalue weighted by atomic mass is 10.0. The zero-order chi connectivity index (χ0) is 15.8. The van der Waals surface area contributed by atoms with Gasteiger partial charge in [0.2, 0.25) is 0 Å². The summed E-state index contributed by atoms with van der Waals surface area (Å²) in [5.41, 5.74) is 3.66. The molecule has 20 heavy (non-hydrogen) atoms. The van der Waals surface area contributed by atoms with E-state index in [1.165, 1.54) is 11.1 Å². The van der Waals surface area contributed by atoms with Crippen molar-refractivity contribution in [2.45, 2.75) is 27.7 Å². The van der Waals surface area contributed by atoms with Crippen molar-refractivity contribution in [1.29, 1.82) is 0 Å². The summed E-state index contributed by atoms with van der Waals surface area (Å²) in [6.07, 6.45) is 1.86. The molecule has 0 heteroatoms. The molecule has 0 spiro atoms. The standard InChI is InChI=1S/C14H12.2C2H6.C2H4/c1-2-12-8-10-14(11-9-12)13-6-4-3-5-7-13;3*1-2/h2-11H,1H2;2*1-2H3;1-2H2. The Labute approximate surface area is 125 Å². The molecular weight excluding hydrogens is 240 g/mol. The summed E-state index contributed by atoms with van der Waals surface area (Å²) in [6.45, 7) is 17.7. The van der Waals surface area contributed by atoms with Crippen LogP contribution >= 0.6 is 0 Å². The Bertz CT molecular complexity index is 423. The third-order valence-corrected chi connectivity index (χ3v) is 2.25. The molecule has 2 rings (SSSR count). The minimum atomic E-state index is 1.16. The van der Waals surface area contributed by atoms with Gasteiger partial charge in [0.25, 0.3) is 0 Å². The van der Waals surface area contributed by atoms with Crippen molar-refractivity contribution in [3.63, 3.8) is 0 Å². The summed E-state index contributed by atoms with van der Waals surface area (Å²) in [6, 6.07) is 18.8. The molecule has 0 saturated carbocycles.